The number of nitrogens with one attached hydrogen (secondary N) is 2. The SMILES string of the molecule is Cl.O=C(NCC1CCN(S(=O)(=O)c2ccccc2)CC1)C1CCCNC1. The van der Waals surface area contributed by atoms with Crippen molar-refractivity contribution in [1.82, 2.24) is 14.9 Å². The summed E-state index contributed by atoms with van der Waals surface area (Å²) in [5.74, 6) is 0.557. The first-order chi connectivity index (χ1) is 12.1. The molecule has 1 atom stereocenters. The van der Waals surface area contributed by atoms with Gasteiger partial charge in [-0.3, -0.25) is 4.79 Å². The lowest BCUT2D eigenvalue weighted by molar-refractivity contribution is -0.125. The van der Waals surface area contributed by atoms with Crippen LogP contribution in [0.25, 0.3) is 0 Å². The molecule has 2 heterocycles. The van der Waals surface area contributed by atoms with Crippen LogP contribution in [0.4, 0.5) is 0 Å². The van der Waals surface area contributed by atoms with E-state index in [1.165, 1.54) is 0 Å². The Hall–Kier alpha value is -1.15. The molecule has 146 valence electrons. The standard InChI is InChI=1S/C18H27N3O3S.ClH/c22-18(16-5-4-10-19-14-16)20-13-15-8-11-21(12-9-15)25(23,24)17-6-2-1-3-7-17;/h1-3,6-7,15-16,19H,4-5,8-14H2,(H,20,22);1H. The molecule has 2 aliphatic heterocycles. The lowest BCUT2D eigenvalue weighted by atomic mass is 9.96. The fourth-order valence-corrected chi connectivity index (χ4v) is 5.05. The van der Waals surface area contributed by atoms with Crippen molar-refractivity contribution in [2.24, 2.45) is 11.8 Å². The maximum Gasteiger partial charge on any atom is 0.243 e. The minimum atomic E-state index is -3.40. The molecule has 1 aromatic rings. The van der Waals surface area contributed by atoms with Crippen LogP contribution in [0.2, 0.25) is 0 Å². The third-order valence-corrected chi connectivity index (χ3v) is 7.10. The number of benzene rings is 1. The summed E-state index contributed by atoms with van der Waals surface area (Å²) < 4.78 is 26.8. The molecule has 2 fully saturated rings. The zero-order chi connectivity index (χ0) is 17.7. The van der Waals surface area contributed by atoms with E-state index in [9.17, 15) is 13.2 Å². The molecule has 2 saturated heterocycles. The van der Waals surface area contributed by atoms with E-state index in [2.05, 4.69) is 10.6 Å². The van der Waals surface area contributed by atoms with Gasteiger partial charge in [0.05, 0.1) is 10.8 Å². The summed E-state index contributed by atoms with van der Waals surface area (Å²) >= 11 is 0. The van der Waals surface area contributed by atoms with E-state index in [0.29, 0.717) is 30.4 Å². The van der Waals surface area contributed by atoms with Gasteiger partial charge in [0.15, 0.2) is 0 Å². The summed E-state index contributed by atoms with van der Waals surface area (Å²) in [6.45, 7) is 3.44. The highest BCUT2D eigenvalue weighted by atomic mass is 35.5. The van der Waals surface area contributed by atoms with Crippen molar-refractivity contribution in [1.29, 1.82) is 0 Å². The van der Waals surface area contributed by atoms with Gasteiger partial charge in [0, 0.05) is 26.2 Å². The van der Waals surface area contributed by atoms with Crippen LogP contribution in [0.5, 0.6) is 0 Å². The summed E-state index contributed by atoms with van der Waals surface area (Å²) in [7, 11) is -3.40. The van der Waals surface area contributed by atoms with Gasteiger partial charge >= 0.3 is 0 Å². The van der Waals surface area contributed by atoms with E-state index in [4.69, 9.17) is 0 Å². The van der Waals surface area contributed by atoms with Crippen molar-refractivity contribution in [3.63, 3.8) is 0 Å². The smallest absolute Gasteiger partial charge is 0.243 e. The van der Waals surface area contributed by atoms with Crippen LogP contribution in [-0.4, -0.2) is 51.4 Å². The van der Waals surface area contributed by atoms with Crippen molar-refractivity contribution < 1.29 is 13.2 Å². The molecule has 0 bridgehead atoms. The fourth-order valence-electron chi connectivity index (χ4n) is 3.56. The maximum absolute atomic E-state index is 12.6. The molecule has 1 unspecified atom stereocenters. The van der Waals surface area contributed by atoms with E-state index < -0.39 is 10.0 Å². The topological polar surface area (TPSA) is 78.5 Å². The number of sulfonamides is 1. The zero-order valence-corrected chi connectivity index (χ0v) is 16.5. The number of halogens is 1. The predicted octanol–water partition coefficient (Wildman–Crippen LogP) is 1.62. The molecule has 0 radical (unpaired) electrons. The number of nitrogens with zero attached hydrogens (tertiary/aromatic N) is 1. The highest BCUT2D eigenvalue weighted by Gasteiger charge is 2.29. The average Bonchev–Trinajstić information content (AvgIpc) is 2.68. The van der Waals surface area contributed by atoms with Gasteiger partial charge in [-0.2, -0.15) is 4.31 Å². The van der Waals surface area contributed by atoms with Crippen LogP contribution in [0.15, 0.2) is 35.2 Å². The largest absolute Gasteiger partial charge is 0.356 e. The highest BCUT2D eigenvalue weighted by Crippen LogP contribution is 2.23. The molecule has 2 aliphatic rings. The average molecular weight is 402 g/mol. The van der Waals surface area contributed by atoms with Crippen molar-refractivity contribution in [3.05, 3.63) is 30.3 Å². The molecule has 26 heavy (non-hydrogen) atoms. The minimum absolute atomic E-state index is 0. The second-order valence-corrected chi connectivity index (χ2v) is 8.89. The van der Waals surface area contributed by atoms with E-state index >= 15 is 0 Å². The number of amides is 1. The third-order valence-electron chi connectivity index (χ3n) is 5.19. The van der Waals surface area contributed by atoms with Crippen LogP contribution < -0.4 is 10.6 Å². The first-order valence-electron chi connectivity index (χ1n) is 9.11. The Kier molecular flexibility index (Phi) is 7.88. The number of hydrogen-bond donors (Lipinski definition) is 2. The van der Waals surface area contributed by atoms with Crippen molar-refractivity contribution in [2.75, 3.05) is 32.7 Å². The quantitative estimate of drug-likeness (QED) is 0.785. The van der Waals surface area contributed by atoms with Gasteiger partial charge in [-0.15, -0.1) is 12.4 Å². The number of rotatable bonds is 5. The molecular weight excluding hydrogens is 374 g/mol. The lowest BCUT2D eigenvalue weighted by Gasteiger charge is -2.31. The molecule has 8 heteroatoms. The first kappa shape index (κ1) is 21.2. The molecule has 1 amide bonds. The minimum Gasteiger partial charge on any atom is -0.356 e. The summed E-state index contributed by atoms with van der Waals surface area (Å²) in [6, 6.07) is 8.58. The second-order valence-electron chi connectivity index (χ2n) is 6.95. The summed E-state index contributed by atoms with van der Waals surface area (Å²) in [4.78, 5) is 12.5. The Balaban J connectivity index is 0.00000243. The van der Waals surface area contributed by atoms with E-state index in [1.807, 2.05) is 6.07 Å². The number of carbonyl (C=O) groups excluding carboxylic acids is 1. The van der Waals surface area contributed by atoms with Crippen LogP contribution in [0.1, 0.15) is 25.7 Å². The Morgan fingerprint density at radius 3 is 2.46 bits per heavy atom. The van der Waals surface area contributed by atoms with E-state index in [-0.39, 0.29) is 24.2 Å². The molecule has 0 aromatic heterocycles. The molecule has 0 saturated carbocycles. The predicted molar refractivity (Wildman–Crippen MR) is 104 cm³/mol. The summed E-state index contributed by atoms with van der Waals surface area (Å²) in [6.07, 6.45) is 3.57. The monoisotopic (exact) mass is 401 g/mol. The maximum atomic E-state index is 12.6. The third kappa shape index (κ3) is 5.19. The van der Waals surface area contributed by atoms with Crippen molar-refractivity contribution >= 4 is 28.3 Å². The summed E-state index contributed by atoms with van der Waals surface area (Å²) in [5.41, 5.74) is 0. The molecular formula is C18H28ClN3O3S. The Morgan fingerprint density at radius 1 is 1.15 bits per heavy atom. The molecule has 2 N–H and O–H groups in total. The van der Waals surface area contributed by atoms with Gasteiger partial charge in [-0.25, -0.2) is 8.42 Å². The fraction of sp³-hybridized carbons (Fsp3) is 0.611. The van der Waals surface area contributed by atoms with Gasteiger partial charge in [0.25, 0.3) is 0 Å². The van der Waals surface area contributed by atoms with Crippen LogP contribution in [0.3, 0.4) is 0 Å². The van der Waals surface area contributed by atoms with Crippen LogP contribution in [-0.2, 0) is 14.8 Å². The highest BCUT2D eigenvalue weighted by molar-refractivity contribution is 7.89. The molecule has 3 rings (SSSR count). The van der Waals surface area contributed by atoms with Gasteiger partial charge < -0.3 is 10.6 Å². The van der Waals surface area contributed by atoms with Gasteiger partial charge in [0.2, 0.25) is 15.9 Å². The van der Waals surface area contributed by atoms with Gasteiger partial charge in [0.1, 0.15) is 0 Å². The van der Waals surface area contributed by atoms with Crippen LogP contribution in [0, 0.1) is 11.8 Å². The lowest BCUT2D eigenvalue weighted by Crippen LogP contribution is -2.44. The Morgan fingerprint density at radius 2 is 1.85 bits per heavy atom. The van der Waals surface area contributed by atoms with E-state index in [0.717, 1.165) is 38.8 Å². The number of hydrogen-bond acceptors (Lipinski definition) is 4. The van der Waals surface area contributed by atoms with Crippen LogP contribution >= 0.6 is 12.4 Å². The molecule has 0 spiro atoms. The summed E-state index contributed by atoms with van der Waals surface area (Å²) in [5, 5.41) is 6.32. The van der Waals surface area contributed by atoms with E-state index in [1.54, 1.807) is 28.6 Å². The number of carbonyl (C=O) groups is 1. The van der Waals surface area contributed by atoms with Crippen molar-refractivity contribution in [3.8, 4) is 0 Å². The Bertz CT molecular complexity index is 670. The normalized spacial score (nSPS) is 22.4. The second kappa shape index (κ2) is 9.69. The van der Waals surface area contributed by atoms with Gasteiger partial charge in [-0.05, 0) is 50.3 Å². The molecule has 0 aliphatic carbocycles. The molecule has 6 nitrogen and oxygen atoms in total. The number of piperidine rings is 2. The van der Waals surface area contributed by atoms with Crippen molar-refractivity contribution in [2.45, 2.75) is 30.6 Å². The zero-order valence-electron chi connectivity index (χ0n) is 14.9. The Labute approximate surface area is 162 Å². The first-order valence-corrected chi connectivity index (χ1v) is 10.5. The molecule has 1 aromatic carbocycles. The van der Waals surface area contributed by atoms with Gasteiger partial charge in [-0.1, -0.05) is 18.2 Å².